The number of nitrogens with zero attached hydrogens (tertiary/aromatic N) is 2. The fourth-order valence-corrected chi connectivity index (χ4v) is 3.91. The first-order valence-corrected chi connectivity index (χ1v) is 11.5. The van der Waals surface area contributed by atoms with Gasteiger partial charge in [0.15, 0.2) is 0 Å². The largest absolute Gasteiger partial charge is 0.494 e. The van der Waals surface area contributed by atoms with Crippen LogP contribution in [0.4, 0.5) is 4.79 Å². The van der Waals surface area contributed by atoms with Crippen LogP contribution >= 0.6 is 0 Å². The smallest absolute Gasteiger partial charge is 0.410 e. The van der Waals surface area contributed by atoms with Crippen LogP contribution in [0.25, 0.3) is 0 Å². The van der Waals surface area contributed by atoms with E-state index in [4.69, 9.17) is 9.47 Å². The minimum atomic E-state index is -3.70. The zero-order valence-corrected chi connectivity index (χ0v) is 18.8. The summed E-state index contributed by atoms with van der Waals surface area (Å²) in [4.78, 5) is 27.8. The van der Waals surface area contributed by atoms with E-state index in [0.29, 0.717) is 38.5 Å². The van der Waals surface area contributed by atoms with Crippen molar-refractivity contribution in [2.24, 2.45) is 0 Å². The van der Waals surface area contributed by atoms with E-state index in [-0.39, 0.29) is 23.8 Å². The molecule has 10 heteroatoms. The molecule has 1 saturated heterocycles. The first-order chi connectivity index (χ1) is 14.0. The number of amides is 2. The maximum Gasteiger partial charge on any atom is 0.410 e. The monoisotopic (exact) mass is 441 g/mol. The van der Waals surface area contributed by atoms with E-state index in [9.17, 15) is 18.0 Å². The summed E-state index contributed by atoms with van der Waals surface area (Å²) in [6.45, 7) is 9.32. The van der Waals surface area contributed by atoms with E-state index in [1.54, 1.807) is 42.7 Å². The summed E-state index contributed by atoms with van der Waals surface area (Å²) in [5, 5.41) is 0. The fraction of sp³-hybridized carbons (Fsp3) is 0.600. The predicted octanol–water partition coefficient (Wildman–Crippen LogP) is 1.83. The number of nitrogens with one attached hydrogen (secondary N) is 1. The molecule has 0 saturated carbocycles. The molecule has 1 heterocycles. The highest BCUT2D eigenvalue weighted by Gasteiger charge is 2.27. The standard InChI is InChI=1S/C20H31N3O6S/c1-5-28-16-6-8-17(9-7-16)30(26,27)21-11-10-18(24)22-12-14-23(15-13-22)19(25)29-20(2,3)4/h6-9,21H,5,10-15H2,1-4H3. The molecule has 2 amide bonds. The number of sulfonamides is 1. The molecule has 0 spiro atoms. The van der Waals surface area contributed by atoms with Crippen LogP contribution in [-0.2, 0) is 19.6 Å². The fourth-order valence-electron chi connectivity index (χ4n) is 2.88. The number of carbonyl (C=O) groups excluding carboxylic acids is 2. The number of hydrogen-bond donors (Lipinski definition) is 1. The van der Waals surface area contributed by atoms with Gasteiger partial charge in [0.1, 0.15) is 11.4 Å². The van der Waals surface area contributed by atoms with Crippen molar-refractivity contribution in [1.29, 1.82) is 0 Å². The number of piperazine rings is 1. The van der Waals surface area contributed by atoms with E-state index in [2.05, 4.69) is 4.72 Å². The third kappa shape index (κ3) is 7.17. The van der Waals surface area contributed by atoms with Gasteiger partial charge in [-0.2, -0.15) is 0 Å². The van der Waals surface area contributed by atoms with Crippen molar-refractivity contribution < 1.29 is 27.5 Å². The van der Waals surface area contributed by atoms with E-state index in [0.717, 1.165) is 0 Å². The average molecular weight is 442 g/mol. The van der Waals surface area contributed by atoms with E-state index in [1.165, 1.54) is 12.1 Å². The lowest BCUT2D eigenvalue weighted by molar-refractivity contribution is -0.132. The maximum atomic E-state index is 12.4. The summed E-state index contributed by atoms with van der Waals surface area (Å²) in [6, 6.07) is 6.11. The van der Waals surface area contributed by atoms with Gasteiger partial charge in [-0.05, 0) is 52.0 Å². The second-order valence-corrected chi connectivity index (χ2v) is 9.67. The van der Waals surface area contributed by atoms with Gasteiger partial charge in [-0.15, -0.1) is 0 Å². The van der Waals surface area contributed by atoms with Gasteiger partial charge in [-0.3, -0.25) is 4.79 Å². The molecule has 1 aliphatic heterocycles. The van der Waals surface area contributed by atoms with Crippen LogP contribution in [0.1, 0.15) is 34.1 Å². The lowest BCUT2D eigenvalue weighted by atomic mass is 10.2. The highest BCUT2D eigenvalue weighted by molar-refractivity contribution is 7.89. The number of carbonyl (C=O) groups is 2. The minimum Gasteiger partial charge on any atom is -0.494 e. The number of ether oxygens (including phenoxy) is 2. The molecule has 2 rings (SSSR count). The highest BCUT2D eigenvalue weighted by atomic mass is 32.2. The Morgan fingerprint density at radius 1 is 1.03 bits per heavy atom. The van der Waals surface area contributed by atoms with Gasteiger partial charge in [0.05, 0.1) is 11.5 Å². The Morgan fingerprint density at radius 3 is 2.13 bits per heavy atom. The van der Waals surface area contributed by atoms with E-state index in [1.807, 2.05) is 6.92 Å². The molecule has 30 heavy (non-hydrogen) atoms. The molecule has 1 fully saturated rings. The molecule has 1 aromatic rings. The second-order valence-electron chi connectivity index (χ2n) is 7.90. The molecule has 0 radical (unpaired) electrons. The molecular weight excluding hydrogens is 410 g/mol. The lowest BCUT2D eigenvalue weighted by Gasteiger charge is -2.35. The van der Waals surface area contributed by atoms with Gasteiger partial charge >= 0.3 is 6.09 Å². The lowest BCUT2D eigenvalue weighted by Crippen LogP contribution is -2.52. The Morgan fingerprint density at radius 2 is 1.60 bits per heavy atom. The summed E-state index contributed by atoms with van der Waals surface area (Å²) in [5.41, 5.74) is -0.565. The summed E-state index contributed by atoms with van der Waals surface area (Å²) < 4.78 is 37.8. The van der Waals surface area contributed by atoms with Crippen molar-refractivity contribution in [2.45, 2.75) is 44.6 Å². The normalized spacial score (nSPS) is 15.1. The van der Waals surface area contributed by atoms with Gasteiger partial charge in [-0.1, -0.05) is 0 Å². The van der Waals surface area contributed by atoms with Gasteiger partial charge in [0.25, 0.3) is 0 Å². The Kier molecular flexibility index (Phi) is 8.08. The summed E-state index contributed by atoms with van der Waals surface area (Å²) in [5.74, 6) is 0.436. The molecule has 9 nitrogen and oxygen atoms in total. The third-order valence-electron chi connectivity index (χ3n) is 4.36. The Bertz CT molecular complexity index is 825. The van der Waals surface area contributed by atoms with Gasteiger partial charge in [-0.25, -0.2) is 17.9 Å². The van der Waals surface area contributed by atoms with Crippen molar-refractivity contribution in [3.05, 3.63) is 24.3 Å². The Labute approximate surface area is 178 Å². The second kappa shape index (κ2) is 10.1. The molecule has 1 aromatic carbocycles. The van der Waals surface area contributed by atoms with Crippen LogP contribution in [0.3, 0.4) is 0 Å². The first kappa shape index (κ1) is 23.9. The molecule has 0 bridgehead atoms. The quantitative estimate of drug-likeness (QED) is 0.692. The van der Waals surface area contributed by atoms with Crippen LogP contribution in [0.5, 0.6) is 5.75 Å². The third-order valence-corrected chi connectivity index (χ3v) is 5.84. The predicted molar refractivity (Wildman–Crippen MR) is 112 cm³/mol. The zero-order chi connectivity index (χ0) is 22.4. The Balaban J connectivity index is 1.77. The molecule has 1 aliphatic rings. The number of hydrogen-bond acceptors (Lipinski definition) is 6. The van der Waals surface area contributed by atoms with E-state index >= 15 is 0 Å². The van der Waals surface area contributed by atoms with Crippen molar-refractivity contribution in [3.8, 4) is 5.75 Å². The molecule has 1 N–H and O–H groups in total. The minimum absolute atomic E-state index is 0.000653. The Hall–Kier alpha value is -2.33. The SMILES string of the molecule is CCOc1ccc(S(=O)(=O)NCCC(=O)N2CCN(C(=O)OC(C)(C)C)CC2)cc1. The van der Waals surface area contributed by atoms with Crippen molar-refractivity contribution >= 4 is 22.0 Å². The average Bonchev–Trinajstić information content (AvgIpc) is 2.67. The zero-order valence-electron chi connectivity index (χ0n) is 18.0. The van der Waals surface area contributed by atoms with Gasteiger partial charge in [0, 0.05) is 39.1 Å². The molecule has 0 atom stereocenters. The van der Waals surface area contributed by atoms with Crippen molar-refractivity contribution in [2.75, 3.05) is 39.3 Å². The molecular formula is C20H31N3O6S. The molecule has 0 aliphatic carbocycles. The van der Waals surface area contributed by atoms with Crippen LogP contribution in [0.15, 0.2) is 29.2 Å². The number of rotatable bonds is 7. The van der Waals surface area contributed by atoms with Crippen LogP contribution in [0, 0.1) is 0 Å². The summed E-state index contributed by atoms with van der Waals surface area (Å²) in [7, 11) is -3.70. The summed E-state index contributed by atoms with van der Waals surface area (Å²) in [6.07, 6.45) is -0.347. The topological polar surface area (TPSA) is 105 Å². The van der Waals surface area contributed by atoms with Gasteiger partial charge in [0.2, 0.25) is 15.9 Å². The van der Waals surface area contributed by atoms with Gasteiger partial charge < -0.3 is 19.3 Å². The van der Waals surface area contributed by atoms with Crippen LogP contribution < -0.4 is 9.46 Å². The van der Waals surface area contributed by atoms with Crippen molar-refractivity contribution in [1.82, 2.24) is 14.5 Å². The highest BCUT2D eigenvalue weighted by Crippen LogP contribution is 2.16. The molecule has 168 valence electrons. The molecule has 0 aromatic heterocycles. The van der Waals surface area contributed by atoms with Crippen LogP contribution in [0.2, 0.25) is 0 Å². The summed E-state index contributed by atoms with van der Waals surface area (Å²) >= 11 is 0. The number of benzene rings is 1. The van der Waals surface area contributed by atoms with Crippen molar-refractivity contribution in [3.63, 3.8) is 0 Å². The van der Waals surface area contributed by atoms with Crippen LogP contribution in [-0.4, -0.2) is 75.1 Å². The maximum absolute atomic E-state index is 12.4. The first-order valence-electron chi connectivity index (χ1n) is 10.00. The molecule has 0 unspecified atom stereocenters. The van der Waals surface area contributed by atoms with E-state index < -0.39 is 21.7 Å².